The van der Waals surface area contributed by atoms with E-state index in [0.29, 0.717) is 12.5 Å². The van der Waals surface area contributed by atoms with E-state index in [9.17, 15) is 0 Å². The SMILES string of the molecule is C/C=C(C)\C=C/c1ccc(C(C)/C=N\C(=C/C)OC)[nH]1.CCCCO. The summed E-state index contributed by atoms with van der Waals surface area (Å²) in [6, 6.07) is 4.16. The fraction of sp³-hybridized carbons (Fsp3) is 0.476. The lowest BCUT2D eigenvalue weighted by molar-refractivity contribution is 0.287. The first-order valence-corrected chi connectivity index (χ1v) is 8.87. The van der Waals surface area contributed by atoms with Gasteiger partial charge in [-0.25, -0.2) is 4.99 Å². The Hall–Kier alpha value is -2.07. The van der Waals surface area contributed by atoms with Crippen LogP contribution < -0.4 is 0 Å². The molecule has 1 aromatic rings. The van der Waals surface area contributed by atoms with Crippen LogP contribution >= 0.6 is 0 Å². The minimum Gasteiger partial charge on any atom is -0.481 e. The van der Waals surface area contributed by atoms with Gasteiger partial charge in [0.2, 0.25) is 5.88 Å². The van der Waals surface area contributed by atoms with Crippen molar-refractivity contribution in [2.75, 3.05) is 13.7 Å². The summed E-state index contributed by atoms with van der Waals surface area (Å²) < 4.78 is 5.10. The summed E-state index contributed by atoms with van der Waals surface area (Å²) in [7, 11) is 1.62. The van der Waals surface area contributed by atoms with E-state index in [1.807, 2.05) is 26.1 Å². The van der Waals surface area contributed by atoms with Gasteiger partial charge in [-0.3, -0.25) is 0 Å². The van der Waals surface area contributed by atoms with Crippen molar-refractivity contribution < 1.29 is 9.84 Å². The molecule has 0 saturated heterocycles. The molecule has 25 heavy (non-hydrogen) atoms. The Labute approximate surface area is 153 Å². The van der Waals surface area contributed by atoms with Crippen molar-refractivity contribution in [2.45, 2.75) is 53.4 Å². The molecular formula is C21H34N2O2. The molecular weight excluding hydrogens is 312 g/mol. The van der Waals surface area contributed by atoms with Crippen LogP contribution in [0.3, 0.4) is 0 Å². The molecule has 0 spiro atoms. The molecule has 0 saturated carbocycles. The Morgan fingerprint density at radius 2 is 2.04 bits per heavy atom. The third-order valence-electron chi connectivity index (χ3n) is 3.60. The highest BCUT2D eigenvalue weighted by Crippen LogP contribution is 2.15. The number of aliphatic imine (C=N–C) groups is 1. The number of aromatic amines is 1. The lowest BCUT2D eigenvalue weighted by Crippen LogP contribution is -1.96. The number of aliphatic hydroxyl groups is 1. The maximum atomic E-state index is 8.07. The van der Waals surface area contributed by atoms with Gasteiger partial charge in [-0.05, 0) is 51.5 Å². The molecule has 140 valence electrons. The zero-order chi connectivity index (χ0) is 19.1. The van der Waals surface area contributed by atoms with E-state index in [0.717, 1.165) is 24.2 Å². The molecule has 0 aliphatic heterocycles. The first-order chi connectivity index (χ1) is 12.0. The van der Waals surface area contributed by atoms with E-state index in [2.05, 4.69) is 61.1 Å². The van der Waals surface area contributed by atoms with E-state index >= 15 is 0 Å². The molecule has 0 aliphatic carbocycles. The number of hydrogen-bond acceptors (Lipinski definition) is 3. The van der Waals surface area contributed by atoms with Gasteiger partial charge >= 0.3 is 0 Å². The second-order valence-corrected chi connectivity index (χ2v) is 5.71. The molecule has 4 heteroatoms. The van der Waals surface area contributed by atoms with Crippen molar-refractivity contribution >= 4 is 12.3 Å². The summed E-state index contributed by atoms with van der Waals surface area (Å²) in [6.07, 6.45) is 12.0. The summed E-state index contributed by atoms with van der Waals surface area (Å²) in [5.41, 5.74) is 3.48. The third kappa shape index (κ3) is 10.4. The normalized spacial score (nSPS) is 13.9. The van der Waals surface area contributed by atoms with Gasteiger partial charge in [0.25, 0.3) is 0 Å². The molecule has 1 heterocycles. The number of aliphatic hydroxyl groups excluding tert-OH is 1. The fourth-order valence-electron chi connectivity index (χ4n) is 1.78. The van der Waals surface area contributed by atoms with Gasteiger partial charge in [-0.1, -0.05) is 38.0 Å². The Morgan fingerprint density at radius 3 is 2.52 bits per heavy atom. The Bertz CT molecular complexity index is 578. The van der Waals surface area contributed by atoms with Crippen LogP contribution in [0.25, 0.3) is 6.08 Å². The van der Waals surface area contributed by atoms with Crippen molar-refractivity contribution in [3.05, 3.63) is 53.2 Å². The summed E-state index contributed by atoms with van der Waals surface area (Å²) in [6.45, 7) is 10.5. The van der Waals surface area contributed by atoms with Gasteiger partial charge in [0, 0.05) is 30.1 Å². The number of allylic oxidation sites excluding steroid dienone is 4. The molecule has 1 rings (SSSR count). The van der Waals surface area contributed by atoms with Crippen LogP contribution in [-0.2, 0) is 4.74 Å². The number of H-pyrrole nitrogens is 1. The number of hydrogen-bond donors (Lipinski definition) is 2. The minimum atomic E-state index is 0.213. The smallest absolute Gasteiger partial charge is 0.208 e. The number of rotatable bonds is 8. The molecule has 0 radical (unpaired) electrons. The first-order valence-electron chi connectivity index (χ1n) is 8.87. The first kappa shape index (κ1) is 22.9. The molecule has 1 aromatic heterocycles. The van der Waals surface area contributed by atoms with Crippen LogP contribution in [0.1, 0.15) is 64.8 Å². The average molecular weight is 347 g/mol. The number of methoxy groups -OCH3 is 1. The van der Waals surface area contributed by atoms with E-state index in [4.69, 9.17) is 9.84 Å². The van der Waals surface area contributed by atoms with Crippen molar-refractivity contribution in [1.29, 1.82) is 0 Å². The quantitative estimate of drug-likeness (QED) is 0.373. The zero-order valence-electron chi connectivity index (χ0n) is 16.5. The highest BCUT2D eigenvalue weighted by Gasteiger charge is 2.04. The van der Waals surface area contributed by atoms with Crippen LogP contribution in [0, 0.1) is 0 Å². The van der Waals surface area contributed by atoms with Gasteiger partial charge in [-0.2, -0.15) is 0 Å². The average Bonchev–Trinajstić information content (AvgIpc) is 3.10. The monoisotopic (exact) mass is 346 g/mol. The summed E-state index contributed by atoms with van der Waals surface area (Å²) in [5, 5.41) is 8.07. The van der Waals surface area contributed by atoms with Crippen LogP contribution in [-0.4, -0.2) is 30.0 Å². The second-order valence-electron chi connectivity index (χ2n) is 5.71. The molecule has 1 unspecified atom stereocenters. The highest BCUT2D eigenvalue weighted by molar-refractivity contribution is 5.68. The Kier molecular flexibility index (Phi) is 13.1. The van der Waals surface area contributed by atoms with Gasteiger partial charge in [0.15, 0.2) is 0 Å². The summed E-state index contributed by atoms with van der Waals surface area (Å²) in [4.78, 5) is 7.69. The molecule has 0 amide bonds. The van der Waals surface area contributed by atoms with Crippen molar-refractivity contribution in [3.63, 3.8) is 0 Å². The third-order valence-corrected chi connectivity index (χ3v) is 3.60. The molecule has 0 fully saturated rings. The maximum absolute atomic E-state index is 8.07. The zero-order valence-corrected chi connectivity index (χ0v) is 16.5. The molecule has 4 nitrogen and oxygen atoms in total. The number of unbranched alkanes of at least 4 members (excludes halogenated alkanes) is 1. The topological polar surface area (TPSA) is 57.6 Å². The van der Waals surface area contributed by atoms with Crippen LogP contribution in [0.15, 0.2) is 46.8 Å². The van der Waals surface area contributed by atoms with Gasteiger partial charge in [0.1, 0.15) is 0 Å². The molecule has 0 aliphatic rings. The minimum absolute atomic E-state index is 0.213. The Balaban J connectivity index is 0.00000101. The molecule has 0 aromatic carbocycles. The predicted octanol–water partition coefficient (Wildman–Crippen LogP) is 5.45. The van der Waals surface area contributed by atoms with Crippen LogP contribution in [0.2, 0.25) is 0 Å². The van der Waals surface area contributed by atoms with E-state index in [-0.39, 0.29) is 5.92 Å². The second kappa shape index (κ2) is 14.3. The summed E-state index contributed by atoms with van der Waals surface area (Å²) >= 11 is 0. The van der Waals surface area contributed by atoms with Gasteiger partial charge in [-0.15, -0.1) is 0 Å². The Morgan fingerprint density at radius 1 is 1.32 bits per heavy atom. The van der Waals surface area contributed by atoms with Crippen LogP contribution in [0.5, 0.6) is 0 Å². The van der Waals surface area contributed by atoms with Gasteiger partial charge in [0.05, 0.1) is 7.11 Å². The number of aromatic nitrogens is 1. The standard InChI is InChI=1S/C17H24N2O.C4H10O/c1-6-13(3)8-9-15-10-11-16(19-15)14(4)12-18-17(7-2)20-5;1-2-3-4-5/h6-12,14,19H,1-5H3;5H,2-4H2,1H3/b9-8-,13-6-,17-7+,18-12-;. The van der Waals surface area contributed by atoms with Crippen molar-refractivity contribution in [2.24, 2.45) is 4.99 Å². The van der Waals surface area contributed by atoms with E-state index < -0.39 is 0 Å². The predicted molar refractivity (Wildman–Crippen MR) is 109 cm³/mol. The summed E-state index contributed by atoms with van der Waals surface area (Å²) in [5.74, 6) is 0.845. The molecule has 0 bridgehead atoms. The highest BCUT2D eigenvalue weighted by atomic mass is 16.5. The fourth-order valence-corrected chi connectivity index (χ4v) is 1.78. The van der Waals surface area contributed by atoms with E-state index in [1.54, 1.807) is 7.11 Å². The molecule has 2 N–H and O–H groups in total. The number of nitrogens with one attached hydrogen (secondary N) is 1. The van der Waals surface area contributed by atoms with E-state index in [1.165, 1.54) is 5.57 Å². The van der Waals surface area contributed by atoms with Gasteiger partial charge < -0.3 is 14.8 Å². The number of ether oxygens (including phenoxy) is 1. The largest absolute Gasteiger partial charge is 0.481 e. The lowest BCUT2D eigenvalue weighted by atomic mass is 10.1. The number of nitrogens with zero attached hydrogens (tertiary/aromatic N) is 1. The lowest BCUT2D eigenvalue weighted by Gasteiger charge is -2.03. The molecule has 1 atom stereocenters. The van der Waals surface area contributed by atoms with Crippen LogP contribution in [0.4, 0.5) is 0 Å². The van der Waals surface area contributed by atoms with Crippen molar-refractivity contribution in [3.8, 4) is 0 Å². The van der Waals surface area contributed by atoms with Crippen molar-refractivity contribution in [1.82, 2.24) is 4.98 Å². The maximum Gasteiger partial charge on any atom is 0.208 e.